The van der Waals surface area contributed by atoms with Gasteiger partial charge in [0.25, 0.3) is 0 Å². The maximum absolute atomic E-state index is 12.3. The van der Waals surface area contributed by atoms with Crippen LogP contribution in [0.5, 0.6) is 0 Å². The zero-order valence-electron chi connectivity index (χ0n) is 12.8. The van der Waals surface area contributed by atoms with Crippen molar-refractivity contribution in [2.75, 3.05) is 18.4 Å². The summed E-state index contributed by atoms with van der Waals surface area (Å²) in [5.74, 6) is 0.0133. The number of carbonyl (C=O) groups is 2. The molecule has 1 heterocycles. The first-order valence-electron chi connectivity index (χ1n) is 7.24. The van der Waals surface area contributed by atoms with Crippen molar-refractivity contribution in [3.05, 3.63) is 29.8 Å². The molecule has 0 aromatic heterocycles. The molecule has 0 saturated carbocycles. The molecule has 0 radical (unpaired) electrons. The van der Waals surface area contributed by atoms with Gasteiger partial charge in [-0.15, -0.1) is 0 Å². The van der Waals surface area contributed by atoms with Gasteiger partial charge in [-0.2, -0.15) is 0 Å². The number of morpholine rings is 1. The number of anilines is 1. The van der Waals surface area contributed by atoms with Crippen LogP contribution in [0.15, 0.2) is 24.3 Å². The predicted octanol–water partition coefficient (Wildman–Crippen LogP) is 1.82. The van der Waals surface area contributed by atoms with Gasteiger partial charge < -0.3 is 15.0 Å². The first-order valence-corrected chi connectivity index (χ1v) is 7.24. The molecule has 5 heteroatoms. The molecular weight excluding hydrogens is 268 g/mol. The fraction of sp³-hybridized carbons (Fsp3) is 0.500. The maximum Gasteiger partial charge on any atom is 0.227 e. The van der Waals surface area contributed by atoms with E-state index in [1.807, 2.05) is 43.0 Å². The van der Waals surface area contributed by atoms with Gasteiger partial charge in [-0.1, -0.05) is 12.1 Å². The van der Waals surface area contributed by atoms with E-state index in [1.54, 1.807) is 0 Å². The van der Waals surface area contributed by atoms with Gasteiger partial charge in [0.05, 0.1) is 18.6 Å². The van der Waals surface area contributed by atoms with Gasteiger partial charge in [0.2, 0.25) is 11.8 Å². The Kier molecular flexibility index (Phi) is 4.96. The fourth-order valence-corrected chi connectivity index (χ4v) is 2.58. The van der Waals surface area contributed by atoms with Crippen molar-refractivity contribution in [1.29, 1.82) is 0 Å². The van der Waals surface area contributed by atoms with Crippen LogP contribution in [0.2, 0.25) is 0 Å². The monoisotopic (exact) mass is 290 g/mol. The van der Waals surface area contributed by atoms with E-state index in [1.165, 1.54) is 6.92 Å². The number of rotatable bonds is 3. The van der Waals surface area contributed by atoms with Gasteiger partial charge in [0, 0.05) is 25.7 Å². The average molecular weight is 290 g/mol. The molecule has 0 bridgehead atoms. The molecule has 5 nitrogen and oxygen atoms in total. The summed E-state index contributed by atoms with van der Waals surface area (Å²) in [4.78, 5) is 25.1. The van der Waals surface area contributed by atoms with Gasteiger partial charge in [-0.05, 0) is 31.5 Å². The summed E-state index contributed by atoms with van der Waals surface area (Å²) >= 11 is 0. The van der Waals surface area contributed by atoms with Gasteiger partial charge in [-0.25, -0.2) is 0 Å². The van der Waals surface area contributed by atoms with E-state index in [9.17, 15) is 9.59 Å². The lowest BCUT2D eigenvalue weighted by Gasteiger charge is -2.35. The Morgan fingerprint density at radius 3 is 2.29 bits per heavy atom. The van der Waals surface area contributed by atoms with Crippen molar-refractivity contribution in [2.24, 2.45) is 0 Å². The minimum atomic E-state index is -0.102. The number of amides is 2. The van der Waals surface area contributed by atoms with Crippen LogP contribution >= 0.6 is 0 Å². The molecule has 0 spiro atoms. The molecule has 114 valence electrons. The first kappa shape index (κ1) is 15.5. The smallest absolute Gasteiger partial charge is 0.227 e. The molecule has 1 N–H and O–H groups in total. The zero-order valence-corrected chi connectivity index (χ0v) is 12.8. The van der Waals surface area contributed by atoms with Crippen molar-refractivity contribution >= 4 is 17.5 Å². The normalized spacial score (nSPS) is 22.0. The van der Waals surface area contributed by atoms with E-state index in [2.05, 4.69) is 5.32 Å². The van der Waals surface area contributed by atoms with E-state index >= 15 is 0 Å². The first-order chi connectivity index (χ1) is 9.94. The van der Waals surface area contributed by atoms with Gasteiger partial charge >= 0.3 is 0 Å². The molecule has 1 fully saturated rings. The van der Waals surface area contributed by atoms with Crippen LogP contribution in [-0.2, 0) is 20.7 Å². The highest BCUT2D eigenvalue weighted by atomic mass is 16.5. The molecule has 1 aliphatic rings. The molecule has 2 rings (SSSR count). The molecular formula is C16H22N2O3. The number of ether oxygens (including phenoxy) is 1. The number of nitrogens with zero attached hydrogens (tertiary/aromatic N) is 1. The van der Waals surface area contributed by atoms with Crippen LogP contribution in [0.1, 0.15) is 26.3 Å². The third-order valence-corrected chi connectivity index (χ3v) is 3.40. The summed E-state index contributed by atoms with van der Waals surface area (Å²) in [6, 6.07) is 7.37. The highest BCUT2D eigenvalue weighted by Gasteiger charge is 2.25. The molecule has 2 atom stereocenters. The van der Waals surface area contributed by atoms with Crippen LogP contribution in [0, 0.1) is 0 Å². The van der Waals surface area contributed by atoms with Crippen molar-refractivity contribution in [2.45, 2.75) is 39.4 Å². The van der Waals surface area contributed by atoms with Crippen molar-refractivity contribution in [3.63, 3.8) is 0 Å². The van der Waals surface area contributed by atoms with Gasteiger partial charge in [0.1, 0.15) is 0 Å². The van der Waals surface area contributed by atoms with Crippen LogP contribution < -0.4 is 5.32 Å². The lowest BCUT2D eigenvalue weighted by molar-refractivity contribution is -0.142. The summed E-state index contributed by atoms with van der Waals surface area (Å²) < 4.78 is 5.64. The van der Waals surface area contributed by atoms with E-state index < -0.39 is 0 Å². The van der Waals surface area contributed by atoms with E-state index in [0.29, 0.717) is 19.5 Å². The second-order valence-electron chi connectivity index (χ2n) is 5.61. The maximum atomic E-state index is 12.3. The number of nitrogens with one attached hydrogen (secondary N) is 1. The Morgan fingerprint density at radius 2 is 1.76 bits per heavy atom. The van der Waals surface area contributed by atoms with Gasteiger partial charge in [-0.3, -0.25) is 9.59 Å². The van der Waals surface area contributed by atoms with Crippen LogP contribution in [0.4, 0.5) is 5.69 Å². The zero-order chi connectivity index (χ0) is 15.4. The molecule has 0 aliphatic carbocycles. The summed E-state index contributed by atoms with van der Waals surface area (Å²) in [6.45, 7) is 6.73. The predicted molar refractivity (Wildman–Crippen MR) is 81.0 cm³/mol. The third-order valence-electron chi connectivity index (χ3n) is 3.40. The lowest BCUT2D eigenvalue weighted by atomic mass is 10.1. The highest BCUT2D eigenvalue weighted by molar-refractivity contribution is 5.88. The molecule has 1 aromatic carbocycles. The van der Waals surface area contributed by atoms with Crippen LogP contribution in [0.3, 0.4) is 0 Å². The Labute approximate surface area is 125 Å². The van der Waals surface area contributed by atoms with Crippen molar-refractivity contribution < 1.29 is 14.3 Å². The number of carbonyl (C=O) groups excluding carboxylic acids is 2. The van der Waals surface area contributed by atoms with Crippen LogP contribution in [0.25, 0.3) is 0 Å². The fourth-order valence-electron chi connectivity index (χ4n) is 2.58. The van der Waals surface area contributed by atoms with Crippen molar-refractivity contribution in [1.82, 2.24) is 4.90 Å². The SMILES string of the molecule is CC(=O)Nc1ccc(CC(=O)N2C[C@H](C)O[C@@H](C)C2)cc1. The van der Waals surface area contributed by atoms with Crippen molar-refractivity contribution in [3.8, 4) is 0 Å². The van der Waals surface area contributed by atoms with Gasteiger partial charge in [0.15, 0.2) is 0 Å². The van der Waals surface area contributed by atoms with E-state index in [0.717, 1.165) is 11.3 Å². The summed E-state index contributed by atoms with van der Waals surface area (Å²) in [5, 5.41) is 2.71. The molecule has 2 amide bonds. The second-order valence-corrected chi connectivity index (χ2v) is 5.61. The lowest BCUT2D eigenvalue weighted by Crippen LogP contribution is -2.48. The number of hydrogen-bond acceptors (Lipinski definition) is 3. The van der Waals surface area contributed by atoms with Crippen LogP contribution in [-0.4, -0.2) is 42.0 Å². The quantitative estimate of drug-likeness (QED) is 0.924. The summed E-state index contributed by atoms with van der Waals surface area (Å²) in [6.07, 6.45) is 0.541. The Hall–Kier alpha value is -1.88. The molecule has 0 unspecified atom stereocenters. The summed E-state index contributed by atoms with van der Waals surface area (Å²) in [7, 11) is 0. The molecule has 1 saturated heterocycles. The Balaban J connectivity index is 1.94. The standard InChI is InChI=1S/C16H22N2O3/c1-11-9-18(10-12(2)21-11)16(20)8-14-4-6-15(7-5-14)17-13(3)19/h4-7,11-12H,8-10H2,1-3H3,(H,17,19)/t11-,12-/m0/s1. The second kappa shape index (κ2) is 6.72. The van der Waals surface area contributed by atoms with E-state index in [-0.39, 0.29) is 24.0 Å². The molecule has 1 aliphatic heterocycles. The van der Waals surface area contributed by atoms with E-state index in [4.69, 9.17) is 4.74 Å². The Morgan fingerprint density at radius 1 is 1.19 bits per heavy atom. The highest BCUT2D eigenvalue weighted by Crippen LogP contribution is 2.14. The average Bonchev–Trinajstić information content (AvgIpc) is 2.39. The number of hydrogen-bond donors (Lipinski definition) is 1. The molecule has 21 heavy (non-hydrogen) atoms. The molecule has 1 aromatic rings. The Bertz CT molecular complexity index is 503. The topological polar surface area (TPSA) is 58.6 Å². The third kappa shape index (κ3) is 4.56. The largest absolute Gasteiger partial charge is 0.372 e. The minimum absolute atomic E-state index is 0.0832. The minimum Gasteiger partial charge on any atom is -0.372 e. The summed E-state index contributed by atoms with van der Waals surface area (Å²) in [5.41, 5.74) is 1.69. The number of benzene rings is 1.